The molecule has 1 aliphatic rings. The smallest absolute Gasteiger partial charge is 0.138 e. The molecule has 0 fully saturated rings. The van der Waals surface area contributed by atoms with Crippen LogP contribution in [0.5, 0.6) is 11.5 Å². The Morgan fingerprint density at radius 1 is 0.340 bits per heavy atom. The molecule has 11 aromatic rings. The Bertz CT molecular complexity index is 3310. The summed E-state index contributed by atoms with van der Waals surface area (Å²) in [6.07, 6.45) is 0. The van der Waals surface area contributed by atoms with Crippen molar-refractivity contribution in [1.29, 1.82) is 0 Å². The highest BCUT2D eigenvalue weighted by Crippen LogP contribution is 2.51. The summed E-state index contributed by atoms with van der Waals surface area (Å²) in [5.41, 5.74) is 11.7. The van der Waals surface area contributed by atoms with Gasteiger partial charge in [-0.15, -0.1) is 0 Å². The van der Waals surface area contributed by atoms with E-state index in [-0.39, 0.29) is 0 Å². The van der Waals surface area contributed by atoms with Crippen LogP contribution < -0.4 is 4.74 Å². The molecular formula is C50H30N2O. The number of para-hydroxylation sites is 3. The van der Waals surface area contributed by atoms with Crippen molar-refractivity contribution in [3.8, 4) is 45.1 Å². The Morgan fingerprint density at radius 3 is 1.89 bits per heavy atom. The third kappa shape index (κ3) is 3.99. The average Bonchev–Trinajstić information content (AvgIpc) is 3.73. The van der Waals surface area contributed by atoms with Gasteiger partial charge in [0.05, 0.1) is 27.8 Å². The van der Waals surface area contributed by atoms with E-state index in [0.29, 0.717) is 0 Å². The second-order valence-electron chi connectivity index (χ2n) is 14.1. The Hall–Kier alpha value is -7.10. The highest BCUT2D eigenvalue weighted by Gasteiger charge is 2.25. The second-order valence-corrected chi connectivity index (χ2v) is 14.1. The van der Waals surface area contributed by atoms with Gasteiger partial charge in [-0.25, -0.2) is 0 Å². The molecule has 0 unspecified atom stereocenters. The quantitative estimate of drug-likeness (QED) is 0.183. The number of hydrogen-bond donors (Lipinski definition) is 0. The third-order valence-electron chi connectivity index (χ3n) is 11.3. The molecule has 0 N–H and O–H groups in total. The van der Waals surface area contributed by atoms with Crippen LogP contribution in [0.2, 0.25) is 0 Å². The first-order chi connectivity index (χ1) is 26.3. The molecule has 3 heterocycles. The van der Waals surface area contributed by atoms with Crippen LogP contribution in [0.15, 0.2) is 182 Å². The minimum absolute atomic E-state index is 0.876. The van der Waals surface area contributed by atoms with Crippen LogP contribution in [-0.4, -0.2) is 9.13 Å². The number of hydrogen-bond acceptors (Lipinski definition) is 1. The number of aromatic nitrogens is 2. The van der Waals surface area contributed by atoms with E-state index in [1.165, 1.54) is 65.5 Å². The van der Waals surface area contributed by atoms with Crippen molar-refractivity contribution in [2.24, 2.45) is 0 Å². The first kappa shape index (κ1) is 28.6. The Labute approximate surface area is 305 Å². The van der Waals surface area contributed by atoms with Crippen LogP contribution in [-0.2, 0) is 0 Å². The molecule has 0 saturated carbocycles. The van der Waals surface area contributed by atoms with Crippen molar-refractivity contribution in [2.45, 2.75) is 0 Å². The van der Waals surface area contributed by atoms with E-state index in [2.05, 4.69) is 191 Å². The summed E-state index contributed by atoms with van der Waals surface area (Å²) >= 11 is 0. The fraction of sp³-hybridized carbons (Fsp3) is 0. The molecule has 0 amide bonds. The minimum Gasteiger partial charge on any atom is -0.456 e. The molecule has 246 valence electrons. The standard InChI is InChI=1S/C50H30N2O/c1-2-14-34(15-3-1)51-43-21-8-6-17-36(43)41-28-32(25-27-45(41)51)33-24-26-37-38-19-11-20-40-49-39-18-7-9-22-44(39)52(42-23-10-13-31-12-4-5-16-35(31)42)46(49)30-48(50(38)40)53-47(37)29-33/h1-30H. The van der Waals surface area contributed by atoms with Gasteiger partial charge in [-0.2, -0.15) is 0 Å². The molecule has 12 rings (SSSR count). The van der Waals surface area contributed by atoms with Gasteiger partial charge >= 0.3 is 0 Å². The van der Waals surface area contributed by atoms with Crippen molar-refractivity contribution in [1.82, 2.24) is 9.13 Å². The first-order valence-corrected chi connectivity index (χ1v) is 18.2. The summed E-state index contributed by atoms with van der Waals surface area (Å²) < 4.78 is 11.8. The molecule has 0 atom stereocenters. The van der Waals surface area contributed by atoms with Crippen molar-refractivity contribution in [2.75, 3.05) is 0 Å². The zero-order chi connectivity index (χ0) is 34.6. The normalized spacial score (nSPS) is 12.3. The van der Waals surface area contributed by atoms with Gasteiger partial charge in [0.1, 0.15) is 11.5 Å². The molecule has 0 spiro atoms. The SMILES string of the molecule is c1ccc(-n2c3ccccc3c3cc(-c4ccc5c(c4)Oc4cc6c(c7cccc-5c47)c4ccccc4n6-c4cccc5ccccc45)ccc32)cc1. The molecule has 0 saturated heterocycles. The van der Waals surface area contributed by atoms with Crippen LogP contribution in [0.4, 0.5) is 0 Å². The van der Waals surface area contributed by atoms with E-state index >= 15 is 0 Å². The zero-order valence-corrected chi connectivity index (χ0v) is 28.6. The monoisotopic (exact) mass is 674 g/mol. The lowest BCUT2D eigenvalue weighted by atomic mass is 9.91. The van der Waals surface area contributed by atoms with Gasteiger partial charge in [-0.05, 0) is 82.1 Å². The Balaban J connectivity index is 1.06. The van der Waals surface area contributed by atoms with Crippen LogP contribution in [0.3, 0.4) is 0 Å². The van der Waals surface area contributed by atoms with Crippen LogP contribution in [0.1, 0.15) is 0 Å². The van der Waals surface area contributed by atoms with Gasteiger partial charge in [-0.3, -0.25) is 0 Å². The second kappa shape index (κ2) is 10.7. The molecule has 3 heteroatoms. The minimum atomic E-state index is 0.876. The van der Waals surface area contributed by atoms with E-state index in [1.807, 2.05) is 0 Å². The van der Waals surface area contributed by atoms with Crippen molar-refractivity contribution >= 4 is 65.2 Å². The predicted molar refractivity (Wildman–Crippen MR) is 221 cm³/mol. The molecule has 3 nitrogen and oxygen atoms in total. The van der Waals surface area contributed by atoms with Gasteiger partial charge in [0.25, 0.3) is 0 Å². The molecule has 1 aliphatic heterocycles. The summed E-state index contributed by atoms with van der Waals surface area (Å²) in [6.45, 7) is 0. The maximum absolute atomic E-state index is 7.00. The van der Waals surface area contributed by atoms with Gasteiger partial charge in [0, 0.05) is 49.6 Å². The lowest BCUT2D eigenvalue weighted by molar-refractivity contribution is 0.488. The maximum atomic E-state index is 7.00. The zero-order valence-electron chi connectivity index (χ0n) is 28.6. The summed E-state index contributed by atoms with van der Waals surface area (Å²) in [4.78, 5) is 0. The molecule has 9 aromatic carbocycles. The topological polar surface area (TPSA) is 19.1 Å². The van der Waals surface area contributed by atoms with Gasteiger partial charge < -0.3 is 13.9 Å². The van der Waals surface area contributed by atoms with E-state index in [4.69, 9.17) is 4.74 Å². The lowest BCUT2D eigenvalue weighted by Gasteiger charge is -2.23. The van der Waals surface area contributed by atoms with Gasteiger partial charge in [-0.1, -0.05) is 121 Å². The van der Waals surface area contributed by atoms with E-state index < -0.39 is 0 Å². The number of nitrogens with zero attached hydrogens (tertiary/aromatic N) is 2. The van der Waals surface area contributed by atoms with E-state index in [9.17, 15) is 0 Å². The number of rotatable bonds is 3. The summed E-state index contributed by atoms with van der Waals surface area (Å²) in [5.74, 6) is 1.76. The Kier molecular flexibility index (Phi) is 5.77. The summed E-state index contributed by atoms with van der Waals surface area (Å²) in [7, 11) is 0. The fourth-order valence-electron chi connectivity index (χ4n) is 9.00. The van der Waals surface area contributed by atoms with Gasteiger partial charge in [0.2, 0.25) is 0 Å². The molecular weight excluding hydrogens is 645 g/mol. The third-order valence-corrected chi connectivity index (χ3v) is 11.3. The predicted octanol–water partition coefficient (Wildman–Crippen LogP) is 13.6. The van der Waals surface area contributed by atoms with Crippen LogP contribution >= 0.6 is 0 Å². The molecule has 0 bridgehead atoms. The fourth-order valence-corrected chi connectivity index (χ4v) is 9.00. The van der Waals surface area contributed by atoms with Crippen molar-refractivity contribution in [3.05, 3.63) is 182 Å². The Morgan fingerprint density at radius 2 is 1.00 bits per heavy atom. The average molecular weight is 675 g/mol. The van der Waals surface area contributed by atoms with Gasteiger partial charge in [0.15, 0.2) is 0 Å². The first-order valence-electron chi connectivity index (χ1n) is 18.2. The molecule has 0 aliphatic carbocycles. The summed E-state index contributed by atoms with van der Waals surface area (Å²) in [6, 6.07) is 65.8. The summed E-state index contributed by atoms with van der Waals surface area (Å²) in [5, 5.41) is 9.79. The number of benzene rings is 9. The molecule has 2 aromatic heterocycles. The largest absolute Gasteiger partial charge is 0.456 e. The highest BCUT2D eigenvalue weighted by atomic mass is 16.5. The van der Waals surface area contributed by atoms with Crippen molar-refractivity contribution < 1.29 is 4.74 Å². The number of ether oxygens (including phenoxy) is 1. The van der Waals surface area contributed by atoms with Crippen LogP contribution in [0.25, 0.3) is 98.8 Å². The number of fused-ring (bicyclic) bond motifs is 10. The lowest BCUT2D eigenvalue weighted by Crippen LogP contribution is -1.99. The van der Waals surface area contributed by atoms with Crippen LogP contribution in [0, 0.1) is 0 Å². The van der Waals surface area contributed by atoms with Crippen molar-refractivity contribution in [3.63, 3.8) is 0 Å². The van der Waals surface area contributed by atoms with E-state index in [1.54, 1.807) is 0 Å². The van der Waals surface area contributed by atoms with E-state index in [0.717, 1.165) is 44.8 Å². The molecule has 0 radical (unpaired) electrons. The highest BCUT2D eigenvalue weighted by molar-refractivity contribution is 6.25. The maximum Gasteiger partial charge on any atom is 0.138 e. The molecule has 53 heavy (non-hydrogen) atoms.